The maximum Gasteiger partial charge on any atom is 0.321 e. The Balaban J connectivity index is 2.26. The van der Waals surface area contributed by atoms with Crippen molar-refractivity contribution < 1.29 is 14.3 Å². The molecule has 15 heavy (non-hydrogen) atoms. The fourth-order valence-electron chi connectivity index (χ4n) is 1.65. The van der Waals surface area contributed by atoms with Crippen LogP contribution in [0.5, 0.6) is 0 Å². The first-order chi connectivity index (χ1) is 7.29. The lowest BCUT2D eigenvalue weighted by molar-refractivity contribution is -0.169. The van der Waals surface area contributed by atoms with Gasteiger partial charge in [-0.25, -0.2) is 0 Å². The van der Waals surface area contributed by atoms with Crippen molar-refractivity contribution in [1.29, 1.82) is 0 Å². The summed E-state index contributed by atoms with van der Waals surface area (Å²) >= 11 is 0. The van der Waals surface area contributed by atoms with Crippen LogP contribution in [0.25, 0.3) is 0 Å². The third-order valence-electron chi connectivity index (χ3n) is 2.60. The number of nitrogens with zero attached hydrogens (tertiary/aromatic N) is 1. The van der Waals surface area contributed by atoms with E-state index in [9.17, 15) is 4.79 Å². The van der Waals surface area contributed by atoms with Gasteiger partial charge in [0.2, 0.25) is 0 Å². The van der Waals surface area contributed by atoms with E-state index in [1.54, 1.807) is 19.3 Å². The van der Waals surface area contributed by atoms with Crippen LogP contribution in [0.3, 0.4) is 0 Å². The summed E-state index contributed by atoms with van der Waals surface area (Å²) in [5.74, 6) is -0.206. The molecule has 1 aliphatic heterocycles. The lowest BCUT2D eigenvalue weighted by Crippen LogP contribution is -2.53. The summed E-state index contributed by atoms with van der Waals surface area (Å²) in [6, 6.07) is 3.67. The van der Waals surface area contributed by atoms with Crippen molar-refractivity contribution in [1.82, 2.24) is 4.98 Å². The Labute approximate surface area is 88.2 Å². The SMILES string of the molecule is CCOC(=O)C1(c2ccncc2)COC1. The van der Waals surface area contributed by atoms with Gasteiger partial charge in [-0.3, -0.25) is 9.78 Å². The molecule has 4 heteroatoms. The minimum Gasteiger partial charge on any atom is -0.465 e. The zero-order valence-electron chi connectivity index (χ0n) is 8.60. The topological polar surface area (TPSA) is 48.4 Å². The van der Waals surface area contributed by atoms with Gasteiger partial charge in [0.25, 0.3) is 0 Å². The number of hydrogen-bond donors (Lipinski definition) is 0. The summed E-state index contributed by atoms with van der Waals surface area (Å²) in [7, 11) is 0. The third kappa shape index (κ3) is 1.61. The van der Waals surface area contributed by atoms with Gasteiger partial charge in [0.1, 0.15) is 5.41 Å². The summed E-state index contributed by atoms with van der Waals surface area (Å²) in [6.45, 7) is 3.00. The van der Waals surface area contributed by atoms with Crippen LogP contribution in [0.1, 0.15) is 12.5 Å². The Morgan fingerprint density at radius 1 is 1.53 bits per heavy atom. The van der Waals surface area contributed by atoms with Crippen LogP contribution >= 0.6 is 0 Å². The second-order valence-electron chi connectivity index (χ2n) is 3.53. The number of hydrogen-bond acceptors (Lipinski definition) is 4. The first-order valence-electron chi connectivity index (χ1n) is 4.95. The molecular formula is C11H13NO3. The molecule has 0 unspecified atom stereocenters. The molecule has 1 aromatic heterocycles. The lowest BCUT2D eigenvalue weighted by Gasteiger charge is -2.38. The molecule has 0 atom stereocenters. The van der Waals surface area contributed by atoms with Crippen LogP contribution in [0.15, 0.2) is 24.5 Å². The van der Waals surface area contributed by atoms with Gasteiger partial charge in [0, 0.05) is 12.4 Å². The largest absolute Gasteiger partial charge is 0.465 e. The van der Waals surface area contributed by atoms with Crippen LogP contribution in [0, 0.1) is 0 Å². The van der Waals surface area contributed by atoms with Gasteiger partial charge in [0.05, 0.1) is 19.8 Å². The van der Waals surface area contributed by atoms with Crippen molar-refractivity contribution >= 4 is 5.97 Å². The molecule has 0 saturated carbocycles. The number of carbonyl (C=O) groups excluding carboxylic acids is 1. The normalized spacial score (nSPS) is 17.9. The molecule has 4 nitrogen and oxygen atoms in total. The molecule has 0 radical (unpaired) electrons. The molecule has 0 bridgehead atoms. The Morgan fingerprint density at radius 3 is 2.67 bits per heavy atom. The van der Waals surface area contributed by atoms with E-state index in [0.717, 1.165) is 5.56 Å². The lowest BCUT2D eigenvalue weighted by atomic mass is 9.79. The number of esters is 1. The van der Waals surface area contributed by atoms with Crippen molar-refractivity contribution in [2.45, 2.75) is 12.3 Å². The molecular weight excluding hydrogens is 194 g/mol. The van der Waals surface area contributed by atoms with Gasteiger partial charge in [0.15, 0.2) is 0 Å². The highest BCUT2D eigenvalue weighted by atomic mass is 16.6. The van der Waals surface area contributed by atoms with Crippen LogP contribution in [-0.2, 0) is 19.7 Å². The number of carbonyl (C=O) groups is 1. The fourth-order valence-corrected chi connectivity index (χ4v) is 1.65. The van der Waals surface area contributed by atoms with Crippen molar-refractivity contribution in [3.63, 3.8) is 0 Å². The Morgan fingerprint density at radius 2 is 2.20 bits per heavy atom. The Kier molecular flexibility index (Phi) is 2.68. The molecule has 80 valence electrons. The molecule has 1 aromatic rings. The van der Waals surface area contributed by atoms with Gasteiger partial charge in [-0.15, -0.1) is 0 Å². The second-order valence-corrected chi connectivity index (χ2v) is 3.53. The number of pyridine rings is 1. The van der Waals surface area contributed by atoms with Crippen molar-refractivity contribution in [2.24, 2.45) is 0 Å². The maximum atomic E-state index is 11.8. The zero-order valence-corrected chi connectivity index (χ0v) is 8.60. The summed E-state index contributed by atoms with van der Waals surface area (Å²) in [5, 5.41) is 0. The average Bonchev–Trinajstić information content (AvgIpc) is 2.18. The van der Waals surface area contributed by atoms with E-state index in [0.29, 0.717) is 19.8 Å². The van der Waals surface area contributed by atoms with E-state index in [1.807, 2.05) is 12.1 Å². The third-order valence-corrected chi connectivity index (χ3v) is 2.60. The van der Waals surface area contributed by atoms with Crippen LogP contribution in [0.2, 0.25) is 0 Å². The average molecular weight is 207 g/mol. The van der Waals surface area contributed by atoms with E-state index in [4.69, 9.17) is 9.47 Å². The van der Waals surface area contributed by atoms with E-state index in [2.05, 4.69) is 4.98 Å². The predicted octanol–water partition coefficient (Wildman–Crippen LogP) is 0.913. The maximum absolute atomic E-state index is 11.8. The van der Waals surface area contributed by atoms with Crippen molar-refractivity contribution in [2.75, 3.05) is 19.8 Å². The van der Waals surface area contributed by atoms with Crippen molar-refractivity contribution in [3.8, 4) is 0 Å². The predicted molar refractivity (Wildman–Crippen MR) is 53.4 cm³/mol. The van der Waals surface area contributed by atoms with Gasteiger partial charge in [-0.05, 0) is 24.6 Å². The molecule has 2 heterocycles. The van der Waals surface area contributed by atoms with Gasteiger partial charge in [-0.2, -0.15) is 0 Å². The van der Waals surface area contributed by atoms with Crippen LogP contribution < -0.4 is 0 Å². The Hall–Kier alpha value is -1.42. The first kappa shape index (κ1) is 10.1. The summed E-state index contributed by atoms with van der Waals surface area (Å²) < 4.78 is 10.2. The Bertz CT molecular complexity index is 346. The van der Waals surface area contributed by atoms with E-state index in [-0.39, 0.29) is 5.97 Å². The number of aromatic nitrogens is 1. The smallest absolute Gasteiger partial charge is 0.321 e. The van der Waals surface area contributed by atoms with Gasteiger partial charge >= 0.3 is 5.97 Å². The van der Waals surface area contributed by atoms with E-state index in [1.165, 1.54) is 0 Å². The number of ether oxygens (including phenoxy) is 2. The summed E-state index contributed by atoms with van der Waals surface area (Å²) in [4.78, 5) is 15.8. The quantitative estimate of drug-likeness (QED) is 0.691. The molecule has 1 fully saturated rings. The molecule has 1 aliphatic rings. The van der Waals surface area contributed by atoms with Crippen molar-refractivity contribution in [3.05, 3.63) is 30.1 Å². The molecule has 2 rings (SSSR count). The fraction of sp³-hybridized carbons (Fsp3) is 0.455. The minimum absolute atomic E-state index is 0.206. The summed E-state index contributed by atoms with van der Waals surface area (Å²) in [6.07, 6.45) is 3.35. The zero-order chi connectivity index (χ0) is 10.7. The second kappa shape index (κ2) is 3.98. The number of rotatable bonds is 3. The minimum atomic E-state index is -0.598. The summed E-state index contributed by atoms with van der Waals surface area (Å²) in [5.41, 5.74) is 0.320. The first-order valence-corrected chi connectivity index (χ1v) is 4.95. The van der Waals surface area contributed by atoms with E-state index < -0.39 is 5.41 Å². The van der Waals surface area contributed by atoms with Crippen LogP contribution in [0.4, 0.5) is 0 Å². The highest BCUT2D eigenvalue weighted by molar-refractivity contribution is 5.84. The van der Waals surface area contributed by atoms with Gasteiger partial charge < -0.3 is 9.47 Å². The van der Waals surface area contributed by atoms with Crippen LogP contribution in [-0.4, -0.2) is 30.8 Å². The van der Waals surface area contributed by atoms with E-state index >= 15 is 0 Å². The molecule has 0 amide bonds. The van der Waals surface area contributed by atoms with Gasteiger partial charge in [-0.1, -0.05) is 0 Å². The molecule has 0 spiro atoms. The highest BCUT2D eigenvalue weighted by Gasteiger charge is 2.48. The molecule has 0 aliphatic carbocycles. The molecule has 0 aromatic carbocycles. The molecule has 1 saturated heterocycles. The standard InChI is InChI=1S/C11H13NO3/c1-2-15-10(13)11(7-14-8-11)9-3-5-12-6-4-9/h3-6H,2,7-8H2,1H3. The monoisotopic (exact) mass is 207 g/mol. The molecule has 0 N–H and O–H groups in total. The highest BCUT2D eigenvalue weighted by Crippen LogP contribution is 2.33.